The van der Waals surface area contributed by atoms with Crippen molar-refractivity contribution < 1.29 is 4.39 Å². The van der Waals surface area contributed by atoms with Gasteiger partial charge in [0.25, 0.3) is 0 Å². The van der Waals surface area contributed by atoms with Crippen LogP contribution in [0.15, 0.2) is 40.9 Å². The normalized spacial score (nSPS) is 12.4. The molecule has 0 saturated heterocycles. The van der Waals surface area contributed by atoms with Crippen molar-refractivity contribution in [3.8, 4) is 0 Å². The molecule has 0 saturated carbocycles. The molecule has 0 spiro atoms. The van der Waals surface area contributed by atoms with Crippen molar-refractivity contribution in [1.29, 1.82) is 0 Å². The summed E-state index contributed by atoms with van der Waals surface area (Å²) in [5, 5.41) is 0.128. The monoisotopic (exact) mass is 356 g/mol. The minimum absolute atomic E-state index is 0.107. The first-order chi connectivity index (χ1) is 9.51. The average molecular weight is 358 g/mol. The lowest BCUT2D eigenvalue weighted by molar-refractivity contribution is 0.546. The molecule has 0 aliphatic rings. The van der Waals surface area contributed by atoms with Gasteiger partial charge in [0.05, 0.1) is 11.1 Å². The molecule has 1 atom stereocenters. The lowest BCUT2D eigenvalue weighted by Gasteiger charge is -2.19. The maximum absolute atomic E-state index is 13.5. The maximum Gasteiger partial charge on any atom is 0.142 e. The predicted molar refractivity (Wildman–Crippen MR) is 84.1 cm³/mol. The number of nitrogens with one attached hydrogen (secondary N) is 1. The molecular weight excluding hydrogens is 343 g/mol. The Hall–Kier alpha value is -0.940. The molecule has 0 amide bonds. The van der Waals surface area contributed by atoms with E-state index < -0.39 is 5.82 Å². The summed E-state index contributed by atoms with van der Waals surface area (Å²) < 4.78 is 14.5. The largest absolute Gasteiger partial charge is 0.271 e. The molecule has 0 aliphatic carbocycles. The molecule has 2 rings (SSSR count). The van der Waals surface area contributed by atoms with E-state index in [1.54, 1.807) is 12.1 Å². The summed E-state index contributed by atoms with van der Waals surface area (Å²) in [7, 11) is 0. The second-order valence-corrected chi connectivity index (χ2v) is 5.96. The van der Waals surface area contributed by atoms with Crippen LogP contribution >= 0.6 is 27.5 Å². The van der Waals surface area contributed by atoms with E-state index in [-0.39, 0.29) is 11.1 Å². The minimum Gasteiger partial charge on any atom is -0.271 e. The summed E-state index contributed by atoms with van der Waals surface area (Å²) in [4.78, 5) is 0. The molecule has 0 heterocycles. The summed E-state index contributed by atoms with van der Waals surface area (Å²) in [6.45, 7) is 2.02. The van der Waals surface area contributed by atoms with Gasteiger partial charge in [0.1, 0.15) is 5.82 Å². The van der Waals surface area contributed by atoms with Gasteiger partial charge in [0.15, 0.2) is 0 Å². The predicted octanol–water partition coefficient (Wildman–Crippen LogP) is 4.30. The fraction of sp³-hybridized carbons (Fsp3) is 0.200. The third-order valence-corrected chi connectivity index (χ3v) is 4.18. The highest BCUT2D eigenvalue weighted by Crippen LogP contribution is 2.27. The van der Waals surface area contributed by atoms with Gasteiger partial charge in [-0.05, 0) is 42.7 Å². The van der Waals surface area contributed by atoms with Crippen molar-refractivity contribution in [3.63, 3.8) is 0 Å². The van der Waals surface area contributed by atoms with Crippen LogP contribution in [-0.2, 0) is 6.42 Å². The number of nitrogens with two attached hydrogens (primary N) is 1. The van der Waals surface area contributed by atoms with Crippen LogP contribution in [0.5, 0.6) is 0 Å². The van der Waals surface area contributed by atoms with Crippen LogP contribution in [0.2, 0.25) is 5.02 Å². The zero-order valence-corrected chi connectivity index (χ0v) is 13.3. The lowest BCUT2D eigenvalue weighted by atomic mass is 9.98. The smallest absolute Gasteiger partial charge is 0.142 e. The van der Waals surface area contributed by atoms with E-state index in [1.807, 2.05) is 19.1 Å². The second kappa shape index (κ2) is 6.68. The molecule has 20 heavy (non-hydrogen) atoms. The number of aryl methyl sites for hydroxylation is 1. The Morgan fingerprint density at radius 2 is 2.05 bits per heavy atom. The van der Waals surface area contributed by atoms with Crippen LogP contribution in [0.3, 0.4) is 0 Å². The number of rotatable bonds is 4. The van der Waals surface area contributed by atoms with E-state index in [9.17, 15) is 4.39 Å². The van der Waals surface area contributed by atoms with Gasteiger partial charge in [0, 0.05) is 4.47 Å². The number of hydrazine groups is 1. The van der Waals surface area contributed by atoms with Gasteiger partial charge in [-0.25, -0.2) is 4.39 Å². The maximum atomic E-state index is 13.5. The summed E-state index contributed by atoms with van der Waals surface area (Å²) in [6.07, 6.45) is 0.576. The Kier molecular flexibility index (Phi) is 5.16. The first-order valence-electron chi connectivity index (χ1n) is 6.17. The van der Waals surface area contributed by atoms with Crippen LogP contribution in [0, 0.1) is 12.7 Å². The third kappa shape index (κ3) is 3.58. The second-order valence-electron chi connectivity index (χ2n) is 4.70. The fourth-order valence-electron chi connectivity index (χ4n) is 2.09. The van der Waals surface area contributed by atoms with E-state index in [0.717, 1.165) is 21.2 Å². The summed E-state index contributed by atoms with van der Waals surface area (Å²) >= 11 is 9.21. The molecule has 1 unspecified atom stereocenters. The zero-order valence-electron chi connectivity index (χ0n) is 11.0. The van der Waals surface area contributed by atoms with Crippen molar-refractivity contribution in [2.45, 2.75) is 19.4 Å². The number of benzene rings is 2. The molecule has 0 aromatic heterocycles. The van der Waals surface area contributed by atoms with Crippen LogP contribution in [0.25, 0.3) is 0 Å². The quantitative estimate of drug-likeness (QED) is 0.632. The molecule has 0 fully saturated rings. The van der Waals surface area contributed by atoms with Crippen molar-refractivity contribution in [2.24, 2.45) is 5.84 Å². The van der Waals surface area contributed by atoms with Crippen LogP contribution in [0.4, 0.5) is 4.39 Å². The third-order valence-electron chi connectivity index (χ3n) is 3.15. The van der Waals surface area contributed by atoms with Gasteiger partial charge >= 0.3 is 0 Å². The molecule has 2 aromatic carbocycles. The molecule has 2 aromatic rings. The first-order valence-corrected chi connectivity index (χ1v) is 7.34. The number of halogens is 3. The summed E-state index contributed by atoms with van der Waals surface area (Å²) in [6, 6.07) is 10.8. The molecule has 0 radical (unpaired) electrons. The Bertz CT molecular complexity index is 619. The molecule has 0 aliphatic heterocycles. The SMILES string of the molecule is Cc1ccc(Br)c(C(Cc2ccc(Cl)c(F)c2)NN)c1. The van der Waals surface area contributed by atoms with Crippen LogP contribution < -0.4 is 11.3 Å². The fourth-order valence-corrected chi connectivity index (χ4v) is 2.73. The first kappa shape index (κ1) is 15.4. The van der Waals surface area contributed by atoms with Crippen molar-refractivity contribution in [3.05, 3.63) is 68.4 Å². The van der Waals surface area contributed by atoms with Gasteiger partial charge in [-0.15, -0.1) is 0 Å². The number of hydrogen-bond acceptors (Lipinski definition) is 2. The Morgan fingerprint density at radius 1 is 1.30 bits per heavy atom. The van der Waals surface area contributed by atoms with Gasteiger partial charge in [-0.2, -0.15) is 0 Å². The highest BCUT2D eigenvalue weighted by molar-refractivity contribution is 9.10. The average Bonchev–Trinajstić information content (AvgIpc) is 2.43. The Morgan fingerprint density at radius 3 is 2.70 bits per heavy atom. The van der Waals surface area contributed by atoms with E-state index in [2.05, 4.69) is 27.4 Å². The Labute approximate surface area is 131 Å². The topological polar surface area (TPSA) is 38.0 Å². The van der Waals surface area contributed by atoms with E-state index in [0.29, 0.717) is 6.42 Å². The van der Waals surface area contributed by atoms with Gasteiger partial charge in [-0.1, -0.05) is 51.3 Å². The van der Waals surface area contributed by atoms with Crippen molar-refractivity contribution >= 4 is 27.5 Å². The zero-order chi connectivity index (χ0) is 14.7. The summed E-state index contributed by atoms with van der Waals surface area (Å²) in [5.41, 5.74) is 5.81. The van der Waals surface area contributed by atoms with Gasteiger partial charge < -0.3 is 0 Å². The van der Waals surface area contributed by atoms with Gasteiger partial charge in [0.2, 0.25) is 0 Å². The molecule has 106 valence electrons. The molecule has 3 N–H and O–H groups in total. The highest BCUT2D eigenvalue weighted by Gasteiger charge is 2.15. The van der Waals surface area contributed by atoms with E-state index >= 15 is 0 Å². The van der Waals surface area contributed by atoms with Crippen molar-refractivity contribution in [1.82, 2.24) is 5.43 Å². The van der Waals surface area contributed by atoms with Crippen LogP contribution in [0.1, 0.15) is 22.7 Å². The number of hydrogen-bond donors (Lipinski definition) is 2. The molecule has 5 heteroatoms. The standard InChI is InChI=1S/C15H15BrClFN2/c1-9-2-4-12(16)11(6-9)15(20-19)8-10-3-5-13(17)14(18)7-10/h2-7,15,20H,8,19H2,1H3. The molecule has 2 nitrogen and oxygen atoms in total. The van der Waals surface area contributed by atoms with Crippen LogP contribution in [-0.4, -0.2) is 0 Å². The molecular formula is C15H15BrClFN2. The minimum atomic E-state index is -0.414. The molecule has 0 bridgehead atoms. The van der Waals surface area contributed by atoms with E-state index in [1.165, 1.54) is 6.07 Å². The lowest BCUT2D eigenvalue weighted by Crippen LogP contribution is -2.30. The van der Waals surface area contributed by atoms with Crippen molar-refractivity contribution in [2.75, 3.05) is 0 Å². The van der Waals surface area contributed by atoms with E-state index in [4.69, 9.17) is 17.4 Å². The van der Waals surface area contributed by atoms with Gasteiger partial charge in [-0.3, -0.25) is 11.3 Å². The Balaban J connectivity index is 2.28. The highest BCUT2D eigenvalue weighted by atomic mass is 79.9. The summed E-state index contributed by atoms with van der Waals surface area (Å²) in [5.74, 6) is 5.24.